The van der Waals surface area contributed by atoms with Crippen LogP contribution < -0.4 is 0 Å². The molecule has 0 aliphatic carbocycles. The SMILES string of the molecule is Cc1cc(C)c(-c2c3nc(c(-c4cccs4)c4ccc([nH]4)c(-c4c(C)cc(C)cc4C)c4nc(c(-c5ccc(C(=O)O)cc5)c5ccc2[nH]5)C=C4)C=C3)c(C)c1. The molecule has 0 radical (unpaired) electrons. The lowest BCUT2D eigenvalue weighted by atomic mass is 9.92. The van der Waals surface area contributed by atoms with Crippen molar-refractivity contribution in [2.24, 2.45) is 0 Å². The summed E-state index contributed by atoms with van der Waals surface area (Å²) in [4.78, 5) is 31.6. The number of carboxylic acid groups (broad SMARTS) is 1. The van der Waals surface area contributed by atoms with Crippen LogP contribution in [-0.2, 0) is 0 Å². The molecular weight excluding hydrogens is 709 g/mol. The lowest BCUT2D eigenvalue weighted by Gasteiger charge is -2.13. The zero-order valence-electron chi connectivity index (χ0n) is 32.1. The summed E-state index contributed by atoms with van der Waals surface area (Å²) in [5, 5.41) is 11.9. The van der Waals surface area contributed by atoms with Crippen LogP contribution in [-0.4, -0.2) is 31.0 Å². The highest BCUT2D eigenvalue weighted by Gasteiger charge is 2.22. The number of aromatic nitrogens is 4. The molecule has 6 heterocycles. The number of thiophene rings is 1. The molecule has 0 spiro atoms. The number of nitrogens with zero attached hydrogens (tertiary/aromatic N) is 2. The third-order valence-corrected chi connectivity index (χ3v) is 11.7. The summed E-state index contributed by atoms with van der Waals surface area (Å²) >= 11 is 1.70. The number of aromatic amines is 2. The fourth-order valence-electron chi connectivity index (χ4n) is 8.64. The van der Waals surface area contributed by atoms with E-state index in [0.29, 0.717) is 0 Å². The summed E-state index contributed by atoms with van der Waals surface area (Å²) in [5.41, 5.74) is 21.5. The van der Waals surface area contributed by atoms with Crippen molar-refractivity contribution in [2.45, 2.75) is 41.5 Å². The monoisotopic (exact) mass is 748 g/mol. The van der Waals surface area contributed by atoms with E-state index in [-0.39, 0.29) is 5.56 Å². The molecule has 0 saturated carbocycles. The summed E-state index contributed by atoms with van der Waals surface area (Å²) in [5.74, 6) is -0.965. The first kappa shape index (κ1) is 35.2. The van der Waals surface area contributed by atoms with E-state index < -0.39 is 5.97 Å². The first-order valence-electron chi connectivity index (χ1n) is 18.7. The van der Waals surface area contributed by atoms with Crippen molar-refractivity contribution >= 4 is 63.7 Å². The van der Waals surface area contributed by atoms with Gasteiger partial charge in [0.25, 0.3) is 0 Å². The van der Waals surface area contributed by atoms with Crippen LogP contribution in [0.4, 0.5) is 0 Å². The predicted octanol–water partition coefficient (Wildman–Crippen LogP) is 12.9. The summed E-state index contributed by atoms with van der Waals surface area (Å²) in [6.07, 6.45) is 8.44. The van der Waals surface area contributed by atoms with Gasteiger partial charge in [0, 0.05) is 49.2 Å². The molecule has 56 heavy (non-hydrogen) atoms. The third kappa shape index (κ3) is 6.01. The Morgan fingerprint density at radius 1 is 0.518 bits per heavy atom. The van der Waals surface area contributed by atoms with Crippen LogP contribution in [0.25, 0.3) is 90.2 Å². The number of aryl methyl sites for hydroxylation is 6. The van der Waals surface area contributed by atoms with Gasteiger partial charge in [0.05, 0.1) is 28.3 Å². The molecule has 274 valence electrons. The Bertz CT molecular complexity index is 2890. The van der Waals surface area contributed by atoms with Crippen LogP contribution in [0.1, 0.15) is 66.5 Å². The standard InChI is InChI=1S/C49H40N4O2S/c1-26-22-28(3)43(29(4)23-26)47-38-17-13-34(50-38)45(32-9-11-33(12-10-32)49(54)55)35-14-18-39(51-35)48(44-30(5)24-27(2)25-31(44)6)41-20-16-37(53-41)46(42-8-7-21-56-42)36-15-19-40(47)52-36/h7-25,50,53H,1-6H3,(H,54,55). The third-order valence-electron chi connectivity index (χ3n) is 10.8. The minimum Gasteiger partial charge on any atom is -0.478 e. The molecule has 2 aliphatic rings. The van der Waals surface area contributed by atoms with Gasteiger partial charge in [-0.3, -0.25) is 0 Å². The van der Waals surface area contributed by atoms with Crippen molar-refractivity contribution in [3.05, 3.63) is 152 Å². The quantitative estimate of drug-likeness (QED) is 0.163. The second-order valence-corrected chi connectivity index (χ2v) is 15.9. The van der Waals surface area contributed by atoms with Crippen LogP contribution in [0, 0.1) is 41.5 Å². The van der Waals surface area contributed by atoms with Crippen LogP contribution in [0.2, 0.25) is 0 Å². The summed E-state index contributed by atoms with van der Waals surface area (Å²) < 4.78 is 0. The number of nitrogens with one attached hydrogen (secondary N) is 2. The highest BCUT2D eigenvalue weighted by Crippen LogP contribution is 2.41. The van der Waals surface area contributed by atoms with E-state index in [1.165, 1.54) is 33.4 Å². The first-order chi connectivity index (χ1) is 27.0. The summed E-state index contributed by atoms with van der Waals surface area (Å²) in [6, 6.07) is 28.8. The van der Waals surface area contributed by atoms with Crippen LogP contribution in [0.5, 0.6) is 0 Å². The van der Waals surface area contributed by atoms with Crippen molar-refractivity contribution in [3.63, 3.8) is 0 Å². The second-order valence-electron chi connectivity index (χ2n) is 14.9. The molecule has 7 heteroatoms. The number of fused-ring (bicyclic) bond motifs is 8. The van der Waals surface area contributed by atoms with Crippen molar-refractivity contribution in [3.8, 4) is 43.8 Å². The van der Waals surface area contributed by atoms with Crippen molar-refractivity contribution < 1.29 is 9.90 Å². The van der Waals surface area contributed by atoms with Crippen molar-refractivity contribution in [1.82, 2.24) is 19.9 Å². The van der Waals surface area contributed by atoms with Gasteiger partial charge in [-0.05, 0) is 153 Å². The number of rotatable bonds is 5. The molecule has 0 atom stereocenters. The molecule has 0 fully saturated rings. The van der Waals surface area contributed by atoms with Gasteiger partial charge < -0.3 is 15.1 Å². The van der Waals surface area contributed by atoms with E-state index in [2.05, 4.69) is 142 Å². The molecule has 0 unspecified atom stereocenters. The number of carboxylic acids is 1. The minimum absolute atomic E-state index is 0.229. The topological polar surface area (TPSA) is 94.7 Å². The largest absolute Gasteiger partial charge is 0.478 e. The summed E-state index contributed by atoms with van der Waals surface area (Å²) in [7, 11) is 0. The number of hydrogen-bond acceptors (Lipinski definition) is 4. The Labute approximate surface area is 329 Å². The number of hydrogen-bond donors (Lipinski definition) is 3. The van der Waals surface area contributed by atoms with E-state index in [1.807, 2.05) is 12.1 Å². The molecule has 4 aromatic heterocycles. The number of carbonyl (C=O) groups is 1. The maximum absolute atomic E-state index is 11.9. The van der Waals surface area contributed by atoms with Gasteiger partial charge in [-0.25, -0.2) is 14.8 Å². The Morgan fingerprint density at radius 3 is 1.36 bits per heavy atom. The highest BCUT2D eigenvalue weighted by molar-refractivity contribution is 7.13. The van der Waals surface area contributed by atoms with E-state index in [0.717, 1.165) is 88.7 Å². The maximum Gasteiger partial charge on any atom is 0.335 e. The fourth-order valence-corrected chi connectivity index (χ4v) is 9.44. The molecule has 0 amide bonds. The fraction of sp³-hybridized carbons (Fsp3) is 0.122. The van der Waals surface area contributed by atoms with E-state index in [9.17, 15) is 9.90 Å². The average Bonchev–Trinajstić information content (AvgIpc) is 4.00. The Kier molecular flexibility index (Phi) is 8.55. The minimum atomic E-state index is -0.965. The smallest absolute Gasteiger partial charge is 0.335 e. The maximum atomic E-state index is 11.9. The van der Waals surface area contributed by atoms with Gasteiger partial charge in [0.2, 0.25) is 0 Å². The molecular formula is C49H40N4O2S. The molecule has 2 aliphatic heterocycles. The van der Waals surface area contributed by atoms with Crippen LogP contribution >= 0.6 is 11.3 Å². The summed E-state index contributed by atoms with van der Waals surface area (Å²) in [6.45, 7) is 12.9. The predicted molar refractivity (Wildman–Crippen MR) is 234 cm³/mol. The van der Waals surface area contributed by atoms with Gasteiger partial charge in [-0.15, -0.1) is 11.3 Å². The molecule has 3 N–H and O–H groups in total. The Hall–Kier alpha value is -6.57. The van der Waals surface area contributed by atoms with Gasteiger partial charge >= 0.3 is 5.97 Å². The number of benzene rings is 3. The van der Waals surface area contributed by atoms with Crippen molar-refractivity contribution in [1.29, 1.82) is 0 Å². The van der Waals surface area contributed by atoms with Gasteiger partial charge in [0.15, 0.2) is 0 Å². The van der Waals surface area contributed by atoms with E-state index in [4.69, 9.17) is 9.97 Å². The normalized spacial score (nSPS) is 12.1. The zero-order valence-corrected chi connectivity index (χ0v) is 32.9. The molecule has 6 nitrogen and oxygen atoms in total. The van der Waals surface area contributed by atoms with Crippen LogP contribution in [0.3, 0.4) is 0 Å². The lowest BCUT2D eigenvalue weighted by molar-refractivity contribution is 0.0697. The molecule has 7 aromatic rings. The number of aromatic carboxylic acids is 1. The molecule has 3 aromatic carbocycles. The molecule has 8 bridgehead atoms. The van der Waals surface area contributed by atoms with Gasteiger partial charge in [0.1, 0.15) is 0 Å². The van der Waals surface area contributed by atoms with E-state index >= 15 is 0 Å². The second kappa shape index (κ2) is 13.6. The molecule has 0 saturated heterocycles. The lowest BCUT2D eigenvalue weighted by Crippen LogP contribution is -1.96. The van der Waals surface area contributed by atoms with Gasteiger partial charge in [-0.2, -0.15) is 0 Å². The van der Waals surface area contributed by atoms with Gasteiger partial charge in [-0.1, -0.05) is 53.6 Å². The van der Waals surface area contributed by atoms with E-state index in [1.54, 1.807) is 23.5 Å². The van der Waals surface area contributed by atoms with Crippen molar-refractivity contribution in [2.75, 3.05) is 0 Å². The Balaban J connectivity index is 1.49. The first-order valence-corrected chi connectivity index (χ1v) is 19.6. The van der Waals surface area contributed by atoms with Crippen LogP contribution in [0.15, 0.2) is 90.3 Å². The highest BCUT2D eigenvalue weighted by atomic mass is 32.1. The zero-order chi connectivity index (χ0) is 38.8. The Morgan fingerprint density at radius 2 is 0.929 bits per heavy atom. The molecule has 9 rings (SSSR count). The number of H-pyrrole nitrogens is 2. The average molecular weight is 749 g/mol.